The van der Waals surface area contributed by atoms with Gasteiger partial charge in [0.1, 0.15) is 0 Å². The fourth-order valence-electron chi connectivity index (χ4n) is 3.48. The molecular formula is C24H50CaO8S4. The van der Waals surface area contributed by atoms with Crippen molar-refractivity contribution in [3.63, 3.8) is 0 Å². The molecule has 0 aromatic rings. The SMILES string of the molecule is CCCCCCCCCCCCSOS(=O)(=O)[O-].CCCCCCCCCCCCSOS(=O)(=O)[O-].[Ca+2]. The maximum absolute atomic E-state index is 10.1. The molecule has 0 aliphatic rings. The first-order valence-corrected chi connectivity index (χ1v) is 18.1. The predicted molar refractivity (Wildman–Crippen MR) is 156 cm³/mol. The van der Waals surface area contributed by atoms with Crippen molar-refractivity contribution in [3.8, 4) is 0 Å². The van der Waals surface area contributed by atoms with E-state index in [1.165, 1.54) is 103 Å². The summed E-state index contributed by atoms with van der Waals surface area (Å²) in [5.41, 5.74) is 0. The molecule has 0 unspecified atom stereocenters. The van der Waals surface area contributed by atoms with Crippen LogP contribution in [0, 0.1) is 0 Å². The first-order chi connectivity index (χ1) is 17.1. The van der Waals surface area contributed by atoms with Crippen LogP contribution < -0.4 is 0 Å². The van der Waals surface area contributed by atoms with E-state index in [4.69, 9.17) is 0 Å². The Labute approximate surface area is 267 Å². The van der Waals surface area contributed by atoms with E-state index in [2.05, 4.69) is 21.1 Å². The minimum absolute atomic E-state index is 0. The van der Waals surface area contributed by atoms with Crippen molar-refractivity contribution in [2.24, 2.45) is 0 Å². The fraction of sp³-hybridized carbons (Fsp3) is 1.00. The molecule has 0 fully saturated rings. The van der Waals surface area contributed by atoms with Crippen molar-refractivity contribution in [1.29, 1.82) is 0 Å². The first kappa shape index (κ1) is 43.2. The molecule has 0 heterocycles. The topological polar surface area (TPSA) is 133 Å². The number of hydrogen-bond donors (Lipinski definition) is 0. The van der Waals surface area contributed by atoms with Gasteiger partial charge in [0.15, 0.2) is 0 Å². The van der Waals surface area contributed by atoms with E-state index >= 15 is 0 Å². The minimum atomic E-state index is -4.52. The molecule has 0 saturated heterocycles. The van der Waals surface area contributed by atoms with Gasteiger partial charge in [-0.1, -0.05) is 129 Å². The Balaban J connectivity index is -0.000000608. The molecular weight excluding hydrogens is 585 g/mol. The Bertz CT molecular complexity index is 593. The van der Waals surface area contributed by atoms with Gasteiger partial charge < -0.3 is 9.11 Å². The average molecular weight is 635 g/mol. The Morgan fingerprint density at radius 1 is 0.459 bits per heavy atom. The Morgan fingerprint density at radius 2 is 0.676 bits per heavy atom. The van der Waals surface area contributed by atoms with Crippen molar-refractivity contribution in [3.05, 3.63) is 0 Å². The maximum Gasteiger partial charge on any atom is 2.00 e. The van der Waals surface area contributed by atoms with Crippen LogP contribution in [0.4, 0.5) is 0 Å². The zero-order valence-electron chi connectivity index (χ0n) is 23.2. The van der Waals surface area contributed by atoms with E-state index in [1.54, 1.807) is 0 Å². The van der Waals surface area contributed by atoms with Crippen LogP contribution in [0.15, 0.2) is 0 Å². The molecule has 220 valence electrons. The summed E-state index contributed by atoms with van der Waals surface area (Å²) in [5.74, 6) is 1.13. The molecule has 0 saturated carbocycles. The summed E-state index contributed by atoms with van der Waals surface area (Å²) in [6, 6.07) is 0. The summed E-state index contributed by atoms with van der Waals surface area (Å²) in [7, 11) is -9.05. The van der Waals surface area contributed by atoms with Crippen molar-refractivity contribution >= 4 is 82.6 Å². The number of unbranched alkanes of at least 4 members (excludes halogenated alkanes) is 18. The molecule has 8 nitrogen and oxygen atoms in total. The zero-order chi connectivity index (χ0) is 27.4. The van der Waals surface area contributed by atoms with Crippen LogP contribution in [-0.4, -0.2) is 75.2 Å². The number of rotatable bonds is 26. The van der Waals surface area contributed by atoms with Crippen molar-refractivity contribution in [1.82, 2.24) is 0 Å². The smallest absolute Gasteiger partial charge is 0.725 e. The van der Waals surface area contributed by atoms with Gasteiger partial charge in [0.05, 0.1) is 0 Å². The number of hydrogen-bond acceptors (Lipinski definition) is 10. The summed E-state index contributed by atoms with van der Waals surface area (Å²) in [6.07, 6.45) is 24.7. The van der Waals surface area contributed by atoms with Crippen molar-refractivity contribution in [2.75, 3.05) is 11.5 Å². The summed E-state index contributed by atoms with van der Waals surface area (Å²) < 4.78 is 68.8. The van der Waals surface area contributed by atoms with E-state index in [9.17, 15) is 25.9 Å². The van der Waals surface area contributed by atoms with Gasteiger partial charge in [-0.25, -0.2) is 24.1 Å². The van der Waals surface area contributed by atoms with Crippen LogP contribution in [0.2, 0.25) is 0 Å². The minimum Gasteiger partial charge on any atom is -0.725 e. The Kier molecular flexibility index (Phi) is 37.6. The van der Waals surface area contributed by atoms with E-state index < -0.39 is 20.8 Å². The van der Waals surface area contributed by atoms with E-state index in [0.717, 1.165) is 49.8 Å². The van der Waals surface area contributed by atoms with Gasteiger partial charge in [-0.2, -0.15) is 0 Å². The summed E-state index contributed by atoms with van der Waals surface area (Å²) >= 11 is 1.47. The van der Waals surface area contributed by atoms with Crippen LogP contribution in [0.3, 0.4) is 0 Å². The summed E-state index contributed by atoms with van der Waals surface area (Å²) in [4.78, 5) is 0. The van der Waals surface area contributed by atoms with Gasteiger partial charge in [0.25, 0.3) is 0 Å². The molecule has 0 radical (unpaired) electrons. The molecule has 0 aromatic carbocycles. The van der Waals surface area contributed by atoms with Crippen LogP contribution in [0.25, 0.3) is 0 Å². The molecule has 0 atom stereocenters. The maximum atomic E-state index is 10.1. The quantitative estimate of drug-likeness (QED) is 0.0306. The molecule has 0 aromatic heterocycles. The van der Waals surface area contributed by atoms with Gasteiger partial charge >= 0.3 is 37.7 Å². The van der Waals surface area contributed by atoms with Gasteiger partial charge in [-0.3, -0.25) is 0 Å². The Hall–Kier alpha value is 1.70. The van der Waals surface area contributed by atoms with Crippen molar-refractivity contribution < 1.29 is 33.2 Å². The molecule has 0 rings (SSSR count). The summed E-state index contributed by atoms with van der Waals surface area (Å²) in [6.45, 7) is 4.44. The van der Waals surface area contributed by atoms with E-state index in [1.807, 2.05) is 0 Å². The second-order valence-corrected chi connectivity index (χ2v) is 13.0. The monoisotopic (exact) mass is 634 g/mol. The van der Waals surface area contributed by atoms with Crippen molar-refractivity contribution in [2.45, 2.75) is 142 Å². The standard InChI is InChI=1S/2C12H26O4S2.Ca/c2*1-2-3-4-5-6-7-8-9-10-11-12-17-16-18(13,14)15;/h2*2-12H2,1H3,(H,13,14,15);/q;;+2/p-2. The van der Waals surface area contributed by atoms with E-state index in [0.29, 0.717) is 11.5 Å². The molecule has 0 aliphatic heterocycles. The van der Waals surface area contributed by atoms with Crippen LogP contribution in [0.1, 0.15) is 142 Å². The second-order valence-electron chi connectivity index (χ2n) is 8.96. The van der Waals surface area contributed by atoms with Gasteiger partial charge in [-0.15, -0.1) is 0 Å². The van der Waals surface area contributed by atoms with Gasteiger partial charge in [-0.05, 0) is 12.8 Å². The molecule has 13 heteroatoms. The third kappa shape index (κ3) is 47.8. The molecule has 0 bridgehead atoms. The molecule has 0 aliphatic carbocycles. The van der Waals surface area contributed by atoms with Crippen LogP contribution >= 0.6 is 24.1 Å². The third-order valence-electron chi connectivity index (χ3n) is 5.43. The predicted octanol–water partition coefficient (Wildman–Crippen LogP) is 7.68. The molecule has 0 amide bonds. The normalized spacial score (nSPS) is 11.6. The van der Waals surface area contributed by atoms with E-state index in [-0.39, 0.29) is 37.7 Å². The first-order valence-electron chi connectivity index (χ1n) is 13.7. The second kappa shape index (κ2) is 32.2. The van der Waals surface area contributed by atoms with Gasteiger partial charge in [0.2, 0.25) is 20.8 Å². The molecule has 37 heavy (non-hydrogen) atoms. The molecule has 0 N–H and O–H groups in total. The Morgan fingerprint density at radius 3 is 0.892 bits per heavy atom. The summed E-state index contributed by atoms with van der Waals surface area (Å²) in [5, 5.41) is 0. The third-order valence-corrected chi connectivity index (χ3v) is 8.44. The average Bonchev–Trinajstić information content (AvgIpc) is 2.79. The fourth-order valence-corrected chi connectivity index (χ4v) is 5.61. The molecule has 0 spiro atoms. The van der Waals surface area contributed by atoms with Gasteiger partial charge in [0, 0.05) is 35.6 Å². The largest absolute Gasteiger partial charge is 2.00 e. The van der Waals surface area contributed by atoms with Crippen LogP contribution in [0.5, 0.6) is 0 Å². The van der Waals surface area contributed by atoms with Crippen LogP contribution in [-0.2, 0) is 28.1 Å². The zero-order valence-corrected chi connectivity index (χ0v) is 28.6.